The maximum atomic E-state index is 12.2. The average Bonchev–Trinajstić information content (AvgIpc) is 3.31. The molecule has 0 fully saturated rings. The molecule has 4 rings (SSSR count). The van der Waals surface area contributed by atoms with E-state index in [4.69, 9.17) is 0 Å². The molecule has 0 bridgehead atoms. The molecule has 0 aliphatic heterocycles. The highest BCUT2D eigenvalue weighted by atomic mass is 16.1. The number of hydrogen-bond donors (Lipinski definition) is 2. The van der Waals surface area contributed by atoms with Crippen molar-refractivity contribution in [2.45, 2.75) is 12.8 Å². The van der Waals surface area contributed by atoms with Crippen LogP contribution in [-0.4, -0.2) is 25.7 Å². The van der Waals surface area contributed by atoms with E-state index < -0.39 is 0 Å². The summed E-state index contributed by atoms with van der Waals surface area (Å²) in [6.07, 6.45) is 6.24. The number of para-hydroxylation sites is 1. The fourth-order valence-electron chi connectivity index (χ4n) is 2.85. The Morgan fingerprint density at radius 1 is 1.12 bits per heavy atom. The van der Waals surface area contributed by atoms with Gasteiger partial charge >= 0.3 is 0 Å². The van der Waals surface area contributed by atoms with Crippen LogP contribution in [0.1, 0.15) is 12.0 Å². The van der Waals surface area contributed by atoms with Crippen molar-refractivity contribution in [1.29, 1.82) is 0 Å². The molecule has 0 aliphatic carbocycles. The number of rotatable bonds is 5. The predicted molar refractivity (Wildman–Crippen MR) is 96.6 cm³/mol. The molecule has 0 spiro atoms. The van der Waals surface area contributed by atoms with Crippen molar-refractivity contribution in [3.05, 3.63) is 72.9 Å². The SMILES string of the molecule is O=C(CCc1c[nH]c2ccccc12)Nc1ccc(-n2cncn2)cc1. The van der Waals surface area contributed by atoms with Crippen LogP contribution in [0.4, 0.5) is 5.69 Å². The van der Waals surface area contributed by atoms with Gasteiger partial charge in [-0.3, -0.25) is 4.79 Å². The first-order chi connectivity index (χ1) is 12.3. The molecule has 0 unspecified atom stereocenters. The van der Waals surface area contributed by atoms with Crippen LogP contribution in [0.25, 0.3) is 16.6 Å². The highest BCUT2D eigenvalue weighted by Crippen LogP contribution is 2.19. The fraction of sp³-hybridized carbons (Fsp3) is 0.105. The lowest BCUT2D eigenvalue weighted by Crippen LogP contribution is -2.12. The Morgan fingerprint density at radius 2 is 1.96 bits per heavy atom. The summed E-state index contributed by atoms with van der Waals surface area (Å²) in [6, 6.07) is 15.6. The third-order valence-electron chi connectivity index (χ3n) is 4.13. The fourth-order valence-corrected chi connectivity index (χ4v) is 2.85. The van der Waals surface area contributed by atoms with Gasteiger partial charge in [-0.2, -0.15) is 5.10 Å². The van der Waals surface area contributed by atoms with Crippen LogP contribution >= 0.6 is 0 Å². The summed E-state index contributed by atoms with van der Waals surface area (Å²) < 4.78 is 1.67. The molecule has 2 N–H and O–H groups in total. The Kier molecular flexibility index (Phi) is 4.00. The van der Waals surface area contributed by atoms with E-state index in [0.717, 1.165) is 22.5 Å². The van der Waals surface area contributed by atoms with E-state index >= 15 is 0 Å². The second kappa shape index (κ2) is 6.60. The van der Waals surface area contributed by atoms with Gasteiger partial charge in [-0.1, -0.05) is 18.2 Å². The summed E-state index contributed by atoms with van der Waals surface area (Å²) in [4.78, 5) is 19.4. The Labute approximate surface area is 144 Å². The molecule has 1 amide bonds. The van der Waals surface area contributed by atoms with Gasteiger partial charge in [0.15, 0.2) is 0 Å². The molecule has 6 heteroatoms. The van der Waals surface area contributed by atoms with Crippen LogP contribution in [0, 0.1) is 0 Å². The zero-order valence-electron chi connectivity index (χ0n) is 13.5. The molecule has 25 heavy (non-hydrogen) atoms. The number of H-pyrrole nitrogens is 1. The number of carbonyl (C=O) groups excluding carboxylic acids is 1. The molecule has 0 radical (unpaired) electrons. The van der Waals surface area contributed by atoms with E-state index in [1.807, 2.05) is 48.7 Å². The first-order valence-electron chi connectivity index (χ1n) is 8.09. The Balaban J connectivity index is 1.37. The van der Waals surface area contributed by atoms with Crippen molar-refractivity contribution in [3.8, 4) is 5.69 Å². The van der Waals surface area contributed by atoms with Gasteiger partial charge < -0.3 is 10.3 Å². The van der Waals surface area contributed by atoms with Gasteiger partial charge in [0.1, 0.15) is 12.7 Å². The Bertz CT molecular complexity index is 986. The van der Waals surface area contributed by atoms with Crippen LogP contribution in [0.15, 0.2) is 67.4 Å². The van der Waals surface area contributed by atoms with E-state index in [-0.39, 0.29) is 5.91 Å². The summed E-state index contributed by atoms with van der Waals surface area (Å²) in [5.41, 5.74) is 3.93. The average molecular weight is 331 g/mol. The third kappa shape index (κ3) is 3.28. The lowest BCUT2D eigenvalue weighted by Gasteiger charge is -2.06. The smallest absolute Gasteiger partial charge is 0.224 e. The topological polar surface area (TPSA) is 75.6 Å². The maximum Gasteiger partial charge on any atom is 0.224 e. The second-order valence-corrected chi connectivity index (χ2v) is 5.79. The van der Waals surface area contributed by atoms with Gasteiger partial charge in [0, 0.05) is 29.2 Å². The van der Waals surface area contributed by atoms with Crippen molar-refractivity contribution in [2.75, 3.05) is 5.32 Å². The third-order valence-corrected chi connectivity index (χ3v) is 4.13. The van der Waals surface area contributed by atoms with Crippen LogP contribution in [0.5, 0.6) is 0 Å². The van der Waals surface area contributed by atoms with Crippen LogP contribution in [0.2, 0.25) is 0 Å². The number of aromatic amines is 1. The van der Waals surface area contributed by atoms with Gasteiger partial charge in [0.25, 0.3) is 0 Å². The minimum absolute atomic E-state index is 0.00112. The number of benzene rings is 2. The number of nitrogens with zero attached hydrogens (tertiary/aromatic N) is 3. The highest BCUT2D eigenvalue weighted by Gasteiger charge is 2.07. The summed E-state index contributed by atoms with van der Waals surface area (Å²) in [5, 5.41) is 8.18. The van der Waals surface area contributed by atoms with Crippen LogP contribution < -0.4 is 5.32 Å². The van der Waals surface area contributed by atoms with Gasteiger partial charge in [-0.05, 0) is 42.3 Å². The van der Waals surface area contributed by atoms with Crippen molar-refractivity contribution in [3.63, 3.8) is 0 Å². The lowest BCUT2D eigenvalue weighted by atomic mass is 10.1. The minimum atomic E-state index is -0.00112. The summed E-state index contributed by atoms with van der Waals surface area (Å²) in [6.45, 7) is 0. The van der Waals surface area contributed by atoms with Gasteiger partial charge in [-0.25, -0.2) is 9.67 Å². The van der Waals surface area contributed by atoms with Crippen molar-refractivity contribution in [1.82, 2.24) is 19.7 Å². The van der Waals surface area contributed by atoms with E-state index in [1.54, 1.807) is 11.0 Å². The van der Waals surface area contributed by atoms with Crippen molar-refractivity contribution < 1.29 is 4.79 Å². The normalized spacial score (nSPS) is 10.9. The lowest BCUT2D eigenvalue weighted by molar-refractivity contribution is -0.116. The largest absolute Gasteiger partial charge is 0.361 e. The number of fused-ring (bicyclic) bond motifs is 1. The zero-order valence-corrected chi connectivity index (χ0v) is 13.5. The van der Waals surface area contributed by atoms with Crippen LogP contribution in [0.3, 0.4) is 0 Å². The standard InChI is InChI=1S/C19H17N5O/c25-19(10-5-14-11-21-18-4-2-1-3-17(14)18)23-15-6-8-16(9-7-15)24-13-20-12-22-24/h1-4,6-9,11-13,21H,5,10H2,(H,23,25). The molecule has 2 heterocycles. The van der Waals surface area contributed by atoms with Crippen molar-refractivity contribution >= 4 is 22.5 Å². The maximum absolute atomic E-state index is 12.2. The molecule has 0 atom stereocenters. The Morgan fingerprint density at radius 3 is 2.76 bits per heavy atom. The van der Waals surface area contributed by atoms with Crippen LogP contribution in [-0.2, 0) is 11.2 Å². The van der Waals surface area contributed by atoms with Gasteiger partial charge in [0.2, 0.25) is 5.91 Å². The molecule has 2 aromatic heterocycles. The number of hydrogen-bond acceptors (Lipinski definition) is 3. The summed E-state index contributed by atoms with van der Waals surface area (Å²) >= 11 is 0. The molecule has 0 aliphatic rings. The molecular weight excluding hydrogens is 314 g/mol. The predicted octanol–water partition coefficient (Wildman–Crippen LogP) is 3.32. The number of aryl methyl sites for hydroxylation is 1. The first-order valence-corrected chi connectivity index (χ1v) is 8.09. The molecule has 2 aromatic carbocycles. The number of aromatic nitrogens is 4. The second-order valence-electron chi connectivity index (χ2n) is 5.79. The van der Waals surface area contributed by atoms with E-state index in [2.05, 4.69) is 26.4 Å². The minimum Gasteiger partial charge on any atom is -0.361 e. The molecule has 0 saturated carbocycles. The molecule has 124 valence electrons. The number of amides is 1. The zero-order chi connectivity index (χ0) is 17.1. The molecule has 4 aromatic rings. The molecule has 0 saturated heterocycles. The summed E-state index contributed by atoms with van der Waals surface area (Å²) in [7, 11) is 0. The first kappa shape index (κ1) is 15.1. The number of anilines is 1. The monoisotopic (exact) mass is 331 g/mol. The van der Waals surface area contributed by atoms with Gasteiger partial charge in [-0.15, -0.1) is 0 Å². The number of nitrogens with one attached hydrogen (secondary N) is 2. The number of carbonyl (C=O) groups is 1. The van der Waals surface area contributed by atoms with E-state index in [0.29, 0.717) is 12.8 Å². The van der Waals surface area contributed by atoms with E-state index in [9.17, 15) is 4.79 Å². The van der Waals surface area contributed by atoms with E-state index in [1.165, 1.54) is 11.7 Å². The highest BCUT2D eigenvalue weighted by molar-refractivity contribution is 5.91. The molecular formula is C19H17N5O. The summed E-state index contributed by atoms with van der Waals surface area (Å²) in [5.74, 6) is -0.00112. The molecule has 6 nitrogen and oxygen atoms in total. The Hall–Kier alpha value is -3.41. The quantitative estimate of drug-likeness (QED) is 0.589. The van der Waals surface area contributed by atoms with Gasteiger partial charge in [0.05, 0.1) is 5.69 Å². The van der Waals surface area contributed by atoms with Crippen molar-refractivity contribution in [2.24, 2.45) is 0 Å².